The molecule has 0 saturated heterocycles. The van der Waals surface area contributed by atoms with E-state index in [1.54, 1.807) is 0 Å². The summed E-state index contributed by atoms with van der Waals surface area (Å²) in [7, 11) is 0. The van der Waals surface area contributed by atoms with Crippen LogP contribution in [0.4, 0.5) is 60.5 Å². The van der Waals surface area contributed by atoms with Crippen molar-refractivity contribution in [1.82, 2.24) is 0 Å². The minimum atomic E-state index is -5.26. The molecule has 0 saturated carbocycles. The molecule has 0 aliphatic heterocycles. The third-order valence-corrected chi connectivity index (χ3v) is 7.48. The summed E-state index contributed by atoms with van der Waals surface area (Å²) in [5, 5.41) is 70.2. The van der Waals surface area contributed by atoms with E-state index in [0.717, 1.165) is 36.4 Å². The van der Waals surface area contributed by atoms with E-state index < -0.39 is 116 Å². The van der Waals surface area contributed by atoms with E-state index >= 15 is 0 Å². The first-order valence-corrected chi connectivity index (χ1v) is 14.4. The Morgan fingerprint density at radius 1 is 0.509 bits per heavy atom. The molecule has 0 heterocycles. The van der Waals surface area contributed by atoms with Gasteiger partial charge in [-0.1, -0.05) is 19.1 Å². The molecule has 1 unspecified atom stereocenters. The first-order chi connectivity index (χ1) is 25.4. The number of ether oxygens (including phenoxy) is 2. The van der Waals surface area contributed by atoms with Gasteiger partial charge in [0.05, 0.1) is 40.7 Å². The van der Waals surface area contributed by atoms with E-state index in [-0.39, 0.29) is 41.8 Å². The first-order valence-electron chi connectivity index (χ1n) is 14.4. The van der Waals surface area contributed by atoms with E-state index in [0.29, 0.717) is 0 Å². The fourth-order valence-electron chi connectivity index (χ4n) is 4.96. The van der Waals surface area contributed by atoms with Crippen LogP contribution in [-0.2, 0) is 18.8 Å². The van der Waals surface area contributed by atoms with Crippen molar-refractivity contribution in [3.8, 4) is 23.0 Å². The highest BCUT2D eigenvalue weighted by Crippen LogP contribution is 2.48. The number of nitrogens with zero attached hydrogens (tertiary/aromatic N) is 6. The molecule has 0 aliphatic carbocycles. The van der Waals surface area contributed by atoms with Gasteiger partial charge in [0.1, 0.15) is 0 Å². The lowest BCUT2D eigenvalue weighted by Gasteiger charge is -2.15. The third kappa shape index (κ3) is 8.75. The molecule has 0 radical (unpaired) electrons. The van der Waals surface area contributed by atoms with E-state index in [1.807, 2.05) is 0 Å². The fraction of sp³-hybridized carbons (Fsp3) is 0.172. The van der Waals surface area contributed by atoms with E-state index in [2.05, 4.69) is 0 Å². The molecular formula is C29H16F6N6O14. The summed E-state index contributed by atoms with van der Waals surface area (Å²) in [4.78, 5) is 62.3. The highest BCUT2D eigenvalue weighted by molar-refractivity contribution is 5.66. The van der Waals surface area contributed by atoms with E-state index in [4.69, 9.17) is 9.47 Å². The lowest BCUT2D eigenvalue weighted by atomic mass is 9.93. The van der Waals surface area contributed by atoms with E-state index in [9.17, 15) is 87.0 Å². The van der Waals surface area contributed by atoms with Crippen LogP contribution in [-0.4, -0.2) is 29.5 Å². The SMILES string of the molecule is CC(Cc1ccc(Oc2c([N+](=O)[O-])cc(C(F)(F)F)cc2[N+](=O)[O-])c([N+](=O)[O-])c1)c1ccc(Oc2c([N+](=O)[O-])cc(C(F)(F)F)cc2[N+](=O)[O-])c([N+](=O)[O-])c1. The molecule has 20 nitrogen and oxygen atoms in total. The average Bonchev–Trinajstić information content (AvgIpc) is 3.07. The lowest BCUT2D eigenvalue weighted by Crippen LogP contribution is -2.09. The number of nitro benzene ring substituents is 6. The predicted octanol–water partition coefficient (Wildman–Crippen LogP) is 9.10. The van der Waals surface area contributed by atoms with E-state index in [1.165, 1.54) is 6.92 Å². The molecule has 4 aromatic rings. The fourth-order valence-corrected chi connectivity index (χ4v) is 4.96. The topological polar surface area (TPSA) is 277 Å². The van der Waals surface area contributed by atoms with Crippen LogP contribution < -0.4 is 9.47 Å². The molecule has 288 valence electrons. The van der Waals surface area contributed by atoms with Crippen LogP contribution in [0.1, 0.15) is 35.1 Å². The Labute approximate surface area is 298 Å². The van der Waals surface area contributed by atoms with Gasteiger partial charge in [-0.05, 0) is 35.6 Å². The Kier molecular flexibility index (Phi) is 10.8. The Morgan fingerprint density at radius 3 is 1.16 bits per heavy atom. The summed E-state index contributed by atoms with van der Waals surface area (Å²) in [6.45, 7) is 1.44. The maximum Gasteiger partial charge on any atom is 0.416 e. The smallest absolute Gasteiger partial charge is 0.416 e. The van der Waals surface area contributed by atoms with Gasteiger partial charge in [0.2, 0.25) is 11.5 Å². The Balaban J connectivity index is 1.71. The molecule has 0 spiro atoms. The van der Waals surface area contributed by atoms with Crippen molar-refractivity contribution in [2.75, 3.05) is 0 Å². The molecule has 4 aromatic carbocycles. The predicted molar refractivity (Wildman–Crippen MR) is 168 cm³/mol. The number of halogens is 6. The summed E-state index contributed by atoms with van der Waals surface area (Å²) in [5.41, 5.74) is -11.5. The highest BCUT2D eigenvalue weighted by Gasteiger charge is 2.41. The zero-order valence-electron chi connectivity index (χ0n) is 26.7. The zero-order valence-corrected chi connectivity index (χ0v) is 26.7. The van der Waals surface area contributed by atoms with Gasteiger partial charge in [0.15, 0.2) is 0 Å². The van der Waals surface area contributed by atoms with Crippen molar-refractivity contribution in [2.45, 2.75) is 31.6 Å². The molecule has 0 aromatic heterocycles. The van der Waals surface area contributed by atoms with Gasteiger partial charge in [0.25, 0.3) is 11.5 Å². The number of alkyl halides is 6. The van der Waals surface area contributed by atoms with Gasteiger partial charge in [-0.25, -0.2) is 0 Å². The second-order valence-electron chi connectivity index (χ2n) is 11.1. The van der Waals surface area contributed by atoms with Gasteiger partial charge < -0.3 is 9.47 Å². The maximum absolute atomic E-state index is 13.3. The van der Waals surface area contributed by atoms with Crippen molar-refractivity contribution < 1.29 is 65.4 Å². The summed E-state index contributed by atoms with van der Waals surface area (Å²) >= 11 is 0. The van der Waals surface area contributed by atoms with Gasteiger partial charge in [-0.2, -0.15) is 26.3 Å². The van der Waals surface area contributed by atoms with Crippen LogP contribution in [0.25, 0.3) is 0 Å². The average molecular weight is 786 g/mol. The number of nitro groups is 6. The number of benzene rings is 4. The molecule has 26 heteroatoms. The molecule has 0 amide bonds. The molecule has 55 heavy (non-hydrogen) atoms. The molecular weight excluding hydrogens is 770 g/mol. The molecule has 0 aliphatic rings. The van der Waals surface area contributed by atoms with Gasteiger partial charge >= 0.3 is 46.5 Å². The Hall–Kier alpha value is -7.54. The van der Waals surface area contributed by atoms with Crippen molar-refractivity contribution in [3.05, 3.63) is 144 Å². The van der Waals surface area contributed by atoms with Crippen molar-refractivity contribution in [2.24, 2.45) is 0 Å². The van der Waals surface area contributed by atoms with Gasteiger partial charge in [-0.15, -0.1) is 0 Å². The molecule has 0 N–H and O–H groups in total. The minimum Gasteiger partial charge on any atom is -0.437 e. The summed E-state index contributed by atoms with van der Waals surface area (Å²) in [5.74, 6) is -5.25. The standard InChI is InChI=1S/C29H16F6N6O14/c1-13(15-3-5-25(19(8-15)37(44)45)55-27-22(40(50)51)11-17(29(33,34)35)12-23(27)41(52)53)6-14-2-4-24(18(7-14)36(42)43)54-26-20(38(46)47)9-16(28(30,31)32)10-21(26)39(48)49/h2-5,7-13H,6H2,1H3. The molecule has 0 bridgehead atoms. The third-order valence-electron chi connectivity index (χ3n) is 7.48. The number of rotatable bonds is 13. The van der Waals surface area contributed by atoms with Crippen molar-refractivity contribution in [1.29, 1.82) is 0 Å². The number of hydrogen-bond donors (Lipinski definition) is 0. The minimum absolute atomic E-state index is 0.0634. The van der Waals surface area contributed by atoms with Crippen LogP contribution in [0, 0.1) is 60.7 Å². The van der Waals surface area contributed by atoms with Crippen LogP contribution in [0.2, 0.25) is 0 Å². The van der Waals surface area contributed by atoms with Crippen LogP contribution in [0.5, 0.6) is 23.0 Å². The lowest BCUT2D eigenvalue weighted by molar-refractivity contribution is -0.396. The van der Waals surface area contributed by atoms with Gasteiger partial charge in [0, 0.05) is 36.4 Å². The molecule has 0 fully saturated rings. The van der Waals surface area contributed by atoms with Crippen LogP contribution in [0.15, 0.2) is 60.7 Å². The Morgan fingerprint density at radius 2 is 0.836 bits per heavy atom. The van der Waals surface area contributed by atoms with Gasteiger partial charge in [-0.3, -0.25) is 60.7 Å². The first kappa shape index (κ1) is 40.2. The van der Waals surface area contributed by atoms with Crippen LogP contribution >= 0.6 is 0 Å². The Bertz CT molecular complexity index is 2230. The quantitative estimate of drug-likeness (QED) is 0.0694. The second kappa shape index (κ2) is 14.8. The van der Waals surface area contributed by atoms with Crippen molar-refractivity contribution in [3.63, 3.8) is 0 Å². The second-order valence-corrected chi connectivity index (χ2v) is 11.1. The zero-order chi connectivity index (χ0) is 41.3. The summed E-state index contributed by atoms with van der Waals surface area (Å²) < 4.78 is 89.9. The molecule has 1 atom stereocenters. The normalized spacial score (nSPS) is 12.1. The largest absolute Gasteiger partial charge is 0.437 e. The molecule has 4 rings (SSSR count). The summed E-state index contributed by atoms with van der Waals surface area (Å²) in [6, 6.07) is 5.33. The summed E-state index contributed by atoms with van der Waals surface area (Å²) in [6.07, 6.45) is -10.7. The maximum atomic E-state index is 13.3. The van der Waals surface area contributed by atoms with Crippen LogP contribution in [0.3, 0.4) is 0 Å². The monoisotopic (exact) mass is 786 g/mol. The number of hydrogen-bond acceptors (Lipinski definition) is 14. The van der Waals surface area contributed by atoms with Crippen molar-refractivity contribution >= 4 is 34.1 Å². The highest BCUT2D eigenvalue weighted by atomic mass is 19.4.